The molecule has 8 heteroatoms. The van der Waals surface area contributed by atoms with Gasteiger partial charge in [-0.1, -0.05) is 0 Å². The number of amides is 2. The number of carbonyl (C=O) groups is 4. The number of aliphatic carboxylic acids is 2. The first-order valence-electron chi connectivity index (χ1n) is 7.74. The van der Waals surface area contributed by atoms with E-state index in [2.05, 4.69) is 10.6 Å². The molecule has 0 aromatic rings. The molecule has 24 heavy (non-hydrogen) atoms. The highest BCUT2D eigenvalue weighted by molar-refractivity contribution is 5.94. The van der Waals surface area contributed by atoms with Gasteiger partial charge >= 0.3 is 11.9 Å². The summed E-state index contributed by atoms with van der Waals surface area (Å²) in [5.74, 6) is -2.48. The molecule has 0 aliphatic heterocycles. The summed E-state index contributed by atoms with van der Waals surface area (Å²) in [6.07, 6.45) is 7.23. The quantitative estimate of drug-likeness (QED) is 0.471. The van der Waals surface area contributed by atoms with Crippen molar-refractivity contribution in [2.45, 2.75) is 25.7 Å². The Morgan fingerprint density at radius 2 is 1.04 bits per heavy atom. The summed E-state index contributed by atoms with van der Waals surface area (Å²) < 4.78 is 0. The van der Waals surface area contributed by atoms with E-state index >= 15 is 0 Å². The van der Waals surface area contributed by atoms with Crippen molar-refractivity contribution in [2.24, 2.45) is 11.8 Å². The number of carbonyl (C=O) groups excluding carboxylic acids is 2. The van der Waals surface area contributed by atoms with Gasteiger partial charge in [0.2, 0.25) is 11.8 Å². The van der Waals surface area contributed by atoms with E-state index in [-0.39, 0.29) is 0 Å². The van der Waals surface area contributed by atoms with Gasteiger partial charge < -0.3 is 20.8 Å². The van der Waals surface area contributed by atoms with Gasteiger partial charge in [-0.25, -0.2) is 9.59 Å². The van der Waals surface area contributed by atoms with Gasteiger partial charge in [0.25, 0.3) is 0 Å². The minimum atomic E-state index is -1.16. The minimum absolute atomic E-state index is 0.339. The standard InChI is InChI=1S/C16H22N2O6/c19-13(5-7-15(21)22)17-9-11-1-2-12(4-3-11)10-18-14(20)6-8-16(23)24/h5-8,11-12H,1-4,9-10H2,(H,17,19)(H,18,20)(H,21,22)(H,23,24)/b7-5-,8-6+. The number of hydrogen-bond donors (Lipinski definition) is 4. The largest absolute Gasteiger partial charge is 0.478 e. The predicted octanol–water partition coefficient (Wildman–Crippen LogP) is 0.307. The first-order valence-corrected chi connectivity index (χ1v) is 7.74. The Morgan fingerprint density at radius 1 is 0.708 bits per heavy atom. The predicted molar refractivity (Wildman–Crippen MR) is 85.0 cm³/mol. The van der Waals surface area contributed by atoms with E-state index in [1.165, 1.54) is 0 Å². The first-order chi connectivity index (χ1) is 11.4. The number of carboxylic acids is 2. The molecule has 0 aromatic heterocycles. The Balaban J connectivity index is 2.20. The van der Waals surface area contributed by atoms with Crippen LogP contribution in [0, 0.1) is 11.8 Å². The lowest BCUT2D eigenvalue weighted by molar-refractivity contribution is -0.132. The summed E-state index contributed by atoms with van der Waals surface area (Å²) >= 11 is 0. The van der Waals surface area contributed by atoms with E-state index in [0.29, 0.717) is 24.9 Å². The molecule has 1 aliphatic carbocycles. The van der Waals surface area contributed by atoms with Crippen LogP contribution in [0.15, 0.2) is 24.3 Å². The van der Waals surface area contributed by atoms with Gasteiger partial charge in [-0.05, 0) is 37.5 Å². The van der Waals surface area contributed by atoms with Crippen molar-refractivity contribution < 1.29 is 29.4 Å². The zero-order chi connectivity index (χ0) is 17.9. The molecule has 1 rings (SSSR count). The Morgan fingerprint density at radius 3 is 1.33 bits per heavy atom. The van der Waals surface area contributed by atoms with Crippen molar-refractivity contribution >= 4 is 23.8 Å². The lowest BCUT2D eigenvalue weighted by Gasteiger charge is -2.28. The molecule has 132 valence electrons. The van der Waals surface area contributed by atoms with Crippen molar-refractivity contribution in [1.82, 2.24) is 10.6 Å². The summed E-state index contributed by atoms with van der Waals surface area (Å²) in [4.78, 5) is 43.4. The second kappa shape index (κ2) is 10.2. The van der Waals surface area contributed by atoms with Crippen LogP contribution in [-0.2, 0) is 19.2 Å². The Kier molecular flexibility index (Phi) is 8.24. The highest BCUT2D eigenvalue weighted by Gasteiger charge is 2.21. The number of hydrogen-bond acceptors (Lipinski definition) is 4. The molecule has 0 aromatic carbocycles. The van der Waals surface area contributed by atoms with E-state index in [9.17, 15) is 19.2 Å². The zero-order valence-electron chi connectivity index (χ0n) is 13.2. The molecule has 0 atom stereocenters. The molecule has 1 fully saturated rings. The van der Waals surface area contributed by atoms with Crippen LogP contribution in [0.3, 0.4) is 0 Å². The SMILES string of the molecule is O=C(O)/C=C\C(=O)NCC1CCC(CNC(=O)/C=C/C(=O)O)CC1. The lowest BCUT2D eigenvalue weighted by atomic mass is 9.82. The Hall–Kier alpha value is -2.64. The van der Waals surface area contributed by atoms with Gasteiger partial charge in [0.05, 0.1) is 0 Å². The second-order valence-corrected chi connectivity index (χ2v) is 5.72. The summed E-state index contributed by atoms with van der Waals surface area (Å²) in [7, 11) is 0. The molecule has 1 saturated carbocycles. The number of nitrogens with one attached hydrogen (secondary N) is 2. The molecule has 0 radical (unpaired) electrons. The van der Waals surface area contributed by atoms with Gasteiger partial charge in [-0.3, -0.25) is 9.59 Å². The Bertz CT molecular complexity index is 485. The van der Waals surface area contributed by atoms with Crippen LogP contribution in [0.2, 0.25) is 0 Å². The second-order valence-electron chi connectivity index (χ2n) is 5.72. The van der Waals surface area contributed by atoms with E-state index in [0.717, 1.165) is 50.0 Å². The Labute approximate surface area is 139 Å². The number of rotatable bonds is 8. The van der Waals surface area contributed by atoms with Crippen molar-refractivity contribution in [3.8, 4) is 0 Å². The molecule has 4 N–H and O–H groups in total. The van der Waals surface area contributed by atoms with Crippen LogP contribution in [0.25, 0.3) is 0 Å². The minimum Gasteiger partial charge on any atom is -0.478 e. The summed E-state index contributed by atoms with van der Waals surface area (Å²) in [5, 5.41) is 22.2. The van der Waals surface area contributed by atoms with Crippen molar-refractivity contribution in [3.05, 3.63) is 24.3 Å². The molecule has 0 spiro atoms. The molecule has 0 unspecified atom stereocenters. The highest BCUT2D eigenvalue weighted by Crippen LogP contribution is 2.27. The van der Waals surface area contributed by atoms with Gasteiger partial charge in [0, 0.05) is 37.4 Å². The fraction of sp³-hybridized carbons (Fsp3) is 0.500. The smallest absolute Gasteiger partial charge is 0.328 e. The third-order valence-corrected chi connectivity index (χ3v) is 3.85. The van der Waals surface area contributed by atoms with Crippen LogP contribution in [0.4, 0.5) is 0 Å². The van der Waals surface area contributed by atoms with Crippen LogP contribution in [-0.4, -0.2) is 47.1 Å². The fourth-order valence-corrected chi connectivity index (χ4v) is 2.54. The maximum absolute atomic E-state index is 11.4. The van der Waals surface area contributed by atoms with Crippen LogP contribution < -0.4 is 10.6 Å². The van der Waals surface area contributed by atoms with E-state index in [1.807, 2.05) is 0 Å². The zero-order valence-corrected chi connectivity index (χ0v) is 13.2. The summed E-state index contributed by atoms with van der Waals surface area (Å²) in [6, 6.07) is 0. The normalized spacial score (nSPS) is 20.8. The van der Waals surface area contributed by atoms with Gasteiger partial charge in [-0.2, -0.15) is 0 Å². The van der Waals surface area contributed by atoms with Gasteiger partial charge in [0.1, 0.15) is 0 Å². The third-order valence-electron chi connectivity index (χ3n) is 3.85. The summed E-state index contributed by atoms with van der Waals surface area (Å²) in [6.45, 7) is 1.01. The van der Waals surface area contributed by atoms with Crippen LogP contribution in [0.5, 0.6) is 0 Å². The van der Waals surface area contributed by atoms with E-state index in [1.54, 1.807) is 0 Å². The van der Waals surface area contributed by atoms with Gasteiger partial charge in [-0.15, -0.1) is 0 Å². The van der Waals surface area contributed by atoms with Crippen molar-refractivity contribution in [2.75, 3.05) is 13.1 Å². The monoisotopic (exact) mass is 338 g/mol. The van der Waals surface area contributed by atoms with E-state index < -0.39 is 23.8 Å². The third kappa shape index (κ3) is 8.72. The number of carboxylic acid groups (broad SMARTS) is 2. The molecule has 1 aliphatic rings. The van der Waals surface area contributed by atoms with E-state index in [4.69, 9.17) is 10.2 Å². The summed E-state index contributed by atoms with van der Waals surface area (Å²) in [5.41, 5.74) is 0. The van der Waals surface area contributed by atoms with Crippen molar-refractivity contribution in [3.63, 3.8) is 0 Å². The molecule has 2 amide bonds. The van der Waals surface area contributed by atoms with Crippen LogP contribution in [0.1, 0.15) is 25.7 Å². The average molecular weight is 338 g/mol. The maximum Gasteiger partial charge on any atom is 0.328 e. The molecular weight excluding hydrogens is 316 g/mol. The molecule has 0 saturated heterocycles. The van der Waals surface area contributed by atoms with Crippen LogP contribution >= 0.6 is 0 Å². The topological polar surface area (TPSA) is 133 Å². The first kappa shape index (κ1) is 19.4. The lowest BCUT2D eigenvalue weighted by Crippen LogP contribution is -2.33. The molecule has 0 heterocycles. The fourth-order valence-electron chi connectivity index (χ4n) is 2.54. The maximum atomic E-state index is 11.4. The average Bonchev–Trinajstić information content (AvgIpc) is 2.55. The molecular formula is C16H22N2O6. The molecule has 0 bridgehead atoms. The van der Waals surface area contributed by atoms with Gasteiger partial charge in [0.15, 0.2) is 0 Å². The van der Waals surface area contributed by atoms with Crippen molar-refractivity contribution in [1.29, 1.82) is 0 Å². The molecule has 8 nitrogen and oxygen atoms in total. The highest BCUT2D eigenvalue weighted by atomic mass is 16.4.